The highest BCUT2D eigenvalue weighted by Crippen LogP contribution is 2.05. The Bertz CT molecular complexity index is 403. The summed E-state index contributed by atoms with van der Waals surface area (Å²) in [6, 6.07) is 0. The highest BCUT2D eigenvalue weighted by Gasteiger charge is 2.07. The summed E-state index contributed by atoms with van der Waals surface area (Å²) in [7, 11) is 1.31. The minimum atomic E-state index is -0.396. The van der Waals surface area contributed by atoms with Crippen LogP contribution in [-0.4, -0.2) is 42.0 Å². The summed E-state index contributed by atoms with van der Waals surface area (Å²) in [5.74, 6) is -0.548. The number of hydrogen-bond acceptors (Lipinski definition) is 5. The molecule has 0 fully saturated rings. The molecule has 7 heteroatoms. The third kappa shape index (κ3) is 4.96. The molecular formula is C11H17N3O4. The van der Waals surface area contributed by atoms with Gasteiger partial charge in [0.15, 0.2) is 0 Å². The SMILES string of the molecule is CCOCCC(=O)Nc1cnn(CC(=O)OC)c1. The smallest absolute Gasteiger partial charge is 0.327 e. The van der Waals surface area contributed by atoms with E-state index in [1.54, 1.807) is 6.20 Å². The third-order valence-electron chi connectivity index (χ3n) is 2.11. The number of esters is 1. The zero-order chi connectivity index (χ0) is 13.4. The fourth-order valence-electron chi connectivity index (χ4n) is 1.24. The van der Waals surface area contributed by atoms with Gasteiger partial charge in [-0.2, -0.15) is 5.10 Å². The van der Waals surface area contributed by atoms with Crippen LogP contribution in [0.2, 0.25) is 0 Å². The van der Waals surface area contributed by atoms with Crippen molar-refractivity contribution in [3.8, 4) is 0 Å². The lowest BCUT2D eigenvalue weighted by atomic mass is 10.4. The fraction of sp³-hybridized carbons (Fsp3) is 0.545. The van der Waals surface area contributed by atoms with E-state index in [1.165, 1.54) is 18.0 Å². The molecule has 0 unspecified atom stereocenters. The molecule has 0 aliphatic rings. The number of nitrogens with zero attached hydrogens (tertiary/aromatic N) is 2. The minimum absolute atomic E-state index is 0.0192. The van der Waals surface area contributed by atoms with Crippen LogP contribution in [0.1, 0.15) is 13.3 Å². The van der Waals surface area contributed by atoms with Gasteiger partial charge in [-0.15, -0.1) is 0 Å². The normalized spacial score (nSPS) is 10.1. The quantitative estimate of drug-likeness (QED) is 0.564. The van der Waals surface area contributed by atoms with Crippen LogP contribution in [0, 0.1) is 0 Å². The molecule has 1 aromatic heterocycles. The number of methoxy groups -OCH3 is 1. The summed E-state index contributed by atoms with van der Waals surface area (Å²) >= 11 is 0. The Morgan fingerprint density at radius 1 is 1.50 bits per heavy atom. The third-order valence-corrected chi connectivity index (χ3v) is 2.11. The van der Waals surface area contributed by atoms with Crippen LogP contribution in [0.5, 0.6) is 0 Å². The van der Waals surface area contributed by atoms with Crippen LogP contribution < -0.4 is 5.32 Å². The van der Waals surface area contributed by atoms with Crippen LogP contribution in [0.15, 0.2) is 12.4 Å². The van der Waals surface area contributed by atoms with Crippen molar-refractivity contribution < 1.29 is 19.1 Å². The van der Waals surface area contributed by atoms with Gasteiger partial charge in [-0.3, -0.25) is 14.3 Å². The van der Waals surface area contributed by atoms with Crippen molar-refractivity contribution in [3.63, 3.8) is 0 Å². The number of aromatic nitrogens is 2. The van der Waals surface area contributed by atoms with Gasteiger partial charge >= 0.3 is 5.97 Å². The molecule has 0 aliphatic carbocycles. The van der Waals surface area contributed by atoms with Crippen molar-refractivity contribution in [3.05, 3.63) is 12.4 Å². The first-order valence-corrected chi connectivity index (χ1v) is 5.62. The highest BCUT2D eigenvalue weighted by atomic mass is 16.5. The number of amides is 1. The Hall–Kier alpha value is -1.89. The standard InChI is InChI=1S/C11H17N3O4/c1-3-18-5-4-10(15)13-9-6-12-14(7-9)8-11(16)17-2/h6-7H,3-5,8H2,1-2H3,(H,13,15). The van der Waals surface area contributed by atoms with Crippen LogP contribution in [0.25, 0.3) is 0 Å². The van der Waals surface area contributed by atoms with Gasteiger partial charge in [0, 0.05) is 12.8 Å². The highest BCUT2D eigenvalue weighted by molar-refractivity contribution is 5.90. The second-order valence-corrected chi connectivity index (χ2v) is 3.50. The zero-order valence-corrected chi connectivity index (χ0v) is 10.5. The molecule has 1 rings (SSSR count). The van der Waals surface area contributed by atoms with E-state index in [-0.39, 0.29) is 18.9 Å². The number of anilines is 1. The van der Waals surface area contributed by atoms with Gasteiger partial charge in [0.05, 0.1) is 32.0 Å². The summed E-state index contributed by atoms with van der Waals surface area (Å²) < 4.78 is 11.0. The monoisotopic (exact) mass is 255 g/mol. The first kappa shape index (κ1) is 14.2. The summed E-state index contributed by atoms with van der Waals surface area (Å²) in [4.78, 5) is 22.5. The lowest BCUT2D eigenvalue weighted by Gasteiger charge is -2.02. The average Bonchev–Trinajstić information content (AvgIpc) is 2.76. The topological polar surface area (TPSA) is 82.5 Å². The number of hydrogen-bond donors (Lipinski definition) is 1. The number of carbonyl (C=O) groups excluding carboxylic acids is 2. The van der Waals surface area contributed by atoms with Gasteiger partial charge in [0.1, 0.15) is 6.54 Å². The number of nitrogens with one attached hydrogen (secondary N) is 1. The van der Waals surface area contributed by atoms with E-state index in [4.69, 9.17) is 4.74 Å². The molecule has 1 aromatic rings. The van der Waals surface area contributed by atoms with Crippen LogP contribution in [0.4, 0.5) is 5.69 Å². The second kappa shape index (κ2) is 7.44. The Labute approximate surface area is 105 Å². The Balaban J connectivity index is 2.38. The van der Waals surface area contributed by atoms with Gasteiger partial charge in [-0.05, 0) is 6.92 Å². The van der Waals surface area contributed by atoms with Gasteiger partial charge in [0.2, 0.25) is 5.91 Å². The lowest BCUT2D eigenvalue weighted by molar-refractivity contribution is -0.141. The molecule has 0 saturated carbocycles. The molecule has 0 spiro atoms. The van der Waals surface area contributed by atoms with Gasteiger partial charge in [0.25, 0.3) is 0 Å². The van der Waals surface area contributed by atoms with Crippen LogP contribution in [0.3, 0.4) is 0 Å². The molecule has 100 valence electrons. The Morgan fingerprint density at radius 2 is 2.28 bits per heavy atom. The molecular weight excluding hydrogens is 238 g/mol. The van der Waals surface area contributed by atoms with Crippen molar-refractivity contribution in [2.75, 3.05) is 25.6 Å². The van der Waals surface area contributed by atoms with E-state index in [9.17, 15) is 9.59 Å². The lowest BCUT2D eigenvalue weighted by Crippen LogP contribution is -2.14. The molecule has 1 amide bonds. The van der Waals surface area contributed by atoms with Gasteiger partial charge in [-0.1, -0.05) is 0 Å². The molecule has 18 heavy (non-hydrogen) atoms. The number of carbonyl (C=O) groups is 2. The first-order valence-electron chi connectivity index (χ1n) is 5.62. The Morgan fingerprint density at radius 3 is 2.94 bits per heavy atom. The predicted octanol–water partition coefficient (Wildman–Crippen LogP) is 0.421. The summed E-state index contributed by atoms with van der Waals surface area (Å²) in [5.41, 5.74) is 0.542. The molecule has 0 radical (unpaired) electrons. The Kier molecular flexibility index (Phi) is 5.86. The van der Waals surface area contributed by atoms with Crippen molar-refractivity contribution in [1.29, 1.82) is 0 Å². The average molecular weight is 255 g/mol. The maximum Gasteiger partial charge on any atom is 0.327 e. The summed E-state index contributed by atoms with van der Waals surface area (Å²) in [6.45, 7) is 2.86. The molecule has 0 bridgehead atoms. The summed E-state index contributed by atoms with van der Waals surface area (Å²) in [5, 5.41) is 6.58. The molecule has 1 heterocycles. The maximum atomic E-state index is 11.5. The van der Waals surface area contributed by atoms with E-state index < -0.39 is 5.97 Å². The zero-order valence-electron chi connectivity index (χ0n) is 10.5. The fourth-order valence-corrected chi connectivity index (χ4v) is 1.24. The molecule has 0 aromatic carbocycles. The number of ether oxygens (including phenoxy) is 2. The van der Waals surface area contributed by atoms with Crippen molar-refractivity contribution in [2.45, 2.75) is 19.9 Å². The molecule has 1 N–H and O–H groups in total. The maximum absolute atomic E-state index is 11.5. The minimum Gasteiger partial charge on any atom is -0.468 e. The van der Waals surface area contributed by atoms with E-state index in [0.29, 0.717) is 18.9 Å². The van der Waals surface area contributed by atoms with Gasteiger partial charge in [-0.25, -0.2) is 0 Å². The largest absolute Gasteiger partial charge is 0.468 e. The molecule has 0 atom stereocenters. The van der Waals surface area contributed by atoms with E-state index >= 15 is 0 Å². The van der Waals surface area contributed by atoms with E-state index in [0.717, 1.165) is 0 Å². The van der Waals surface area contributed by atoms with Crippen molar-refractivity contribution in [2.24, 2.45) is 0 Å². The first-order chi connectivity index (χ1) is 8.65. The van der Waals surface area contributed by atoms with Crippen LogP contribution in [-0.2, 0) is 25.6 Å². The second-order valence-electron chi connectivity index (χ2n) is 3.50. The molecule has 0 aliphatic heterocycles. The summed E-state index contributed by atoms with van der Waals surface area (Å²) in [6.07, 6.45) is 3.33. The van der Waals surface area contributed by atoms with Gasteiger partial charge < -0.3 is 14.8 Å². The predicted molar refractivity (Wildman–Crippen MR) is 64.0 cm³/mol. The van der Waals surface area contributed by atoms with Crippen molar-refractivity contribution >= 4 is 17.6 Å². The molecule has 0 saturated heterocycles. The van der Waals surface area contributed by atoms with E-state index in [1.807, 2.05) is 6.92 Å². The van der Waals surface area contributed by atoms with Crippen LogP contribution >= 0.6 is 0 Å². The molecule has 7 nitrogen and oxygen atoms in total. The van der Waals surface area contributed by atoms with E-state index in [2.05, 4.69) is 15.2 Å². The van der Waals surface area contributed by atoms with Crippen molar-refractivity contribution in [1.82, 2.24) is 9.78 Å². The number of rotatable bonds is 7.